The van der Waals surface area contributed by atoms with E-state index in [1.54, 1.807) is 24.3 Å². The van der Waals surface area contributed by atoms with Gasteiger partial charge in [0, 0.05) is 19.5 Å². The third kappa shape index (κ3) is 7.92. The number of sulfonamides is 1. The van der Waals surface area contributed by atoms with Crippen molar-refractivity contribution in [1.82, 2.24) is 10.2 Å². The van der Waals surface area contributed by atoms with Gasteiger partial charge in [0.1, 0.15) is 12.6 Å². The predicted molar refractivity (Wildman–Crippen MR) is 152 cm³/mol. The van der Waals surface area contributed by atoms with Gasteiger partial charge >= 0.3 is 0 Å². The summed E-state index contributed by atoms with van der Waals surface area (Å²) in [6.45, 7) is 6.07. The molecule has 0 aliphatic carbocycles. The fourth-order valence-corrected chi connectivity index (χ4v) is 5.07. The van der Waals surface area contributed by atoms with Crippen LogP contribution in [0.2, 0.25) is 0 Å². The van der Waals surface area contributed by atoms with Crippen LogP contribution in [0.4, 0.5) is 5.69 Å². The summed E-state index contributed by atoms with van der Waals surface area (Å²) < 4.78 is 26.7. The molecule has 1 N–H and O–H groups in total. The Bertz CT molecular complexity index is 1330. The number of rotatable bonds is 12. The van der Waals surface area contributed by atoms with Crippen molar-refractivity contribution in [2.45, 2.75) is 46.2 Å². The number of hydrogen-bond acceptors (Lipinski definition) is 4. The number of aryl methyl sites for hydroxylation is 2. The van der Waals surface area contributed by atoms with E-state index >= 15 is 0 Å². The Hall–Kier alpha value is -3.65. The second kappa shape index (κ2) is 13.2. The van der Waals surface area contributed by atoms with Gasteiger partial charge < -0.3 is 10.2 Å². The number of hydrogen-bond donors (Lipinski definition) is 1. The monoisotopic (exact) mass is 535 g/mol. The maximum Gasteiger partial charge on any atom is 0.244 e. The third-order valence-corrected chi connectivity index (χ3v) is 7.56. The predicted octanol–water partition coefficient (Wildman–Crippen LogP) is 4.24. The topological polar surface area (TPSA) is 86.8 Å². The van der Waals surface area contributed by atoms with Gasteiger partial charge in [0.15, 0.2) is 0 Å². The quantitative estimate of drug-likeness (QED) is 0.376. The van der Waals surface area contributed by atoms with E-state index in [1.165, 1.54) is 4.90 Å². The number of nitrogens with zero attached hydrogens (tertiary/aromatic N) is 2. The molecule has 3 aromatic carbocycles. The van der Waals surface area contributed by atoms with Gasteiger partial charge in [-0.1, -0.05) is 79.2 Å². The van der Waals surface area contributed by atoms with Crippen molar-refractivity contribution in [2.75, 3.05) is 23.7 Å². The Morgan fingerprint density at radius 3 is 2.13 bits per heavy atom. The maximum absolute atomic E-state index is 14.0. The molecule has 0 radical (unpaired) electrons. The molecule has 8 heteroatoms. The second-order valence-corrected chi connectivity index (χ2v) is 11.5. The zero-order chi connectivity index (χ0) is 27.7. The van der Waals surface area contributed by atoms with Gasteiger partial charge in [-0.25, -0.2) is 8.42 Å². The van der Waals surface area contributed by atoms with E-state index in [0.29, 0.717) is 18.7 Å². The van der Waals surface area contributed by atoms with Gasteiger partial charge in [0.2, 0.25) is 21.8 Å². The Morgan fingerprint density at radius 1 is 0.895 bits per heavy atom. The van der Waals surface area contributed by atoms with Crippen LogP contribution in [0.25, 0.3) is 0 Å². The molecule has 0 aromatic heterocycles. The van der Waals surface area contributed by atoms with Crippen LogP contribution in [0, 0.1) is 13.8 Å². The number of carbonyl (C=O) groups is 2. The van der Waals surface area contributed by atoms with Crippen molar-refractivity contribution in [3.63, 3.8) is 0 Å². The van der Waals surface area contributed by atoms with Gasteiger partial charge in [-0.05, 0) is 49.1 Å². The van der Waals surface area contributed by atoms with E-state index in [1.807, 2.05) is 75.4 Å². The molecule has 38 heavy (non-hydrogen) atoms. The minimum atomic E-state index is -3.77. The highest BCUT2D eigenvalue weighted by Gasteiger charge is 2.33. The lowest BCUT2D eigenvalue weighted by atomic mass is 10.0. The number of benzene rings is 3. The van der Waals surface area contributed by atoms with Crippen molar-refractivity contribution in [3.8, 4) is 0 Å². The molecule has 0 saturated carbocycles. The van der Waals surface area contributed by atoms with Crippen LogP contribution < -0.4 is 9.62 Å². The van der Waals surface area contributed by atoms with Crippen molar-refractivity contribution >= 4 is 27.5 Å². The zero-order valence-corrected chi connectivity index (χ0v) is 23.4. The molecular weight excluding hydrogens is 498 g/mol. The summed E-state index contributed by atoms with van der Waals surface area (Å²) in [7, 11) is -3.77. The molecule has 1 atom stereocenters. The molecule has 0 fully saturated rings. The minimum Gasteiger partial charge on any atom is -0.354 e. The molecule has 3 aromatic rings. The first-order chi connectivity index (χ1) is 18.1. The molecule has 7 nitrogen and oxygen atoms in total. The number of amides is 2. The highest BCUT2D eigenvalue weighted by Crippen LogP contribution is 2.21. The lowest BCUT2D eigenvalue weighted by Crippen LogP contribution is -2.53. The molecule has 2 amide bonds. The molecule has 202 valence electrons. The highest BCUT2D eigenvalue weighted by atomic mass is 32.2. The molecule has 0 aliphatic rings. The Balaban J connectivity index is 2.04. The first kappa shape index (κ1) is 28.9. The van der Waals surface area contributed by atoms with E-state index in [2.05, 4.69) is 5.32 Å². The van der Waals surface area contributed by atoms with E-state index < -0.39 is 28.5 Å². The molecule has 0 heterocycles. The van der Waals surface area contributed by atoms with Gasteiger partial charge in [-0.15, -0.1) is 0 Å². The molecule has 0 unspecified atom stereocenters. The van der Waals surface area contributed by atoms with E-state index in [-0.39, 0.29) is 12.5 Å². The summed E-state index contributed by atoms with van der Waals surface area (Å²) in [6, 6.07) is 23.4. The average molecular weight is 536 g/mol. The average Bonchev–Trinajstić information content (AvgIpc) is 2.89. The lowest BCUT2D eigenvalue weighted by molar-refractivity contribution is -0.140. The molecular formula is C30H37N3O4S. The number of carbonyl (C=O) groups excluding carboxylic acids is 2. The highest BCUT2D eigenvalue weighted by molar-refractivity contribution is 7.92. The lowest BCUT2D eigenvalue weighted by Gasteiger charge is -2.34. The summed E-state index contributed by atoms with van der Waals surface area (Å²) in [4.78, 5) is 29.0. The first-order valence-electron chi connectivity index (χ1n) is 12.8. The third-order valence-electron chi connectivity index (χ3n) is 6.42. The van der Waals surface area contributed by atoms with Crippen LogP contribution in [-0.4, -0.2) is 50.5 Å². The van der Waals surface area contributed by atoms with Crippen LogP contribution in [-0.2, 0) is 32.6 Å². The fraction of sp³-hybridized carbons (Fsp3) is 0.333. The van der Waals surface area contributed by atoms with Gasteiger partial charge in [-0.3, -0.25) is 13.9 Å². The summed E-state index contributed by atoms with van der Waals surface area (Å²) in [5.41, 5.74) is 4.16. The van der Waals surface area contributed by atoms with Gasteiger partial charge in [0.25, 0.3) is 0 Å². The van der Waals surface area contributed by atoms with Gasteiger partial charge in [-0.2, -0.15) is 0 Å². The molecule has 0 aliphatic heterocycles. The Kier molecular flexibility index (Phi) is 10.1. The van der Waals surface area contributed by atoms with E-state index in [0.717, 1.165) is 39.2 Å². The summed E-state index contributed by atoms with van der Waals surface area (Å²) in [6.07, 6.45) is 2.14. The van der Waals surface area contributed by atoms with Crippen LogP contribution in [0.1, 0.15) is 35.6 Å². The van der Waals surface area contributed by atoms with Gasteiger partial charge in [0.05, 0.1) is 11.9 Å². The number of anilines is 1. The van der Waals surface area contributed by atoms with Crippen molar-refractivity contribution in [2.24, 2.45) is 0 Å². The standard InChI is InChI=1S/C30H37N3O4S/c1-5-19-31-30(35)28(20-25-12-7-6-8-13-25)32(21-26-14-10-9-11-24(26)3)29(34)22-33(38(4,36)37)27-17-15-23(2)16-18-27/h6-18,28H,5,19-22H2,1-4H3,(H,31,35)/t28-/m0/s1. The molecule has 0 bridgehead atoms. The fourth-order valence-electron chi connectivity index (χ4n) is 4.22. The van der Waals surface area contributed by atoms with Crippen molar-refractivity contribution in [3.05, 3.63) is 101 Å². The van der Waals surface area contributed by atoms with Crippen LogP contribution in [0.5, 0.6) is 0 Å². The SMILES string of the molecule is CCCNC(=O)[C@H](Cc1ccccc1)N(Cc1ccccc1C)C(=O)CN(c1ccc(C)cc1)S(C)(=O)=O. The summed E-state index contributed by atoms with van der Waals surface area (Å²) in [5, 5.41) is 2.95. The van der Waals surface area contributed by atoms with Crippen LogP contribution in [0.15, 0.2) is 78.9 Å². The Morgan fingerprint density at radius 2 is 1.53 bits per heavy atom. The second-order valence-electron chi connectivity index (χ2n) is 9.55. The minimum absolute atomic E-state index is 0.175. The number of nitrogens with one attached hydrogen (secondary N) is 1. The summed E-state index contributed by atoms with van der Waals surface area (Å²) >= 11 is 0. The molecule has 3 rings (SSSR count). The van der Waals surface area contributed by atoms with E-state index in [9.17, 15) is 18.0 Å². The zero-order valence-electron chi connectivity index (χ0n) is 22.6. The molecule has 0 saturated heterocycles. The Labute approximate surface area is 226 Å². The van der Waals surface area contributed by atoms with E-state index in [4.69, 9.17) is 0 Å². The van der Waals surface area contributed by atoms with Crippen molar-refractivity contribution < 1.29 is 18.0 Å². The first-order valence-corrected chi connectivity index (χ1v) is 14.6. The normalized spacial score (nSPS) is 12.0. The maximum atomic E-state index is 14.0. The van der Waals surface area contributed by atoms with Crippen LogP contribution >= 0.6 is 0 Å². The smallest absolute Gasteiger partial charge is 0.244 e. The van der Waals surface area contributed by atoms with Crippen molar-refractivity contribution in [1.29, 1.82) is 0 Å². The molecule has 0 spiro atoms. The summed E-state index contributed by atoms with van der Waals surface area (Å²) in [5.74, 6) is -0.717. The largest absolute Gasteiger partial charge is 0.354 e. The van der Waals surface area contributed by atoms with Crippen LogP contribution in [0.3, 0.4) is 0 Å².